The van der Waals surface area contributed by atoms with E-state index in [1.807, 2.05) is 0 Å². The monoisotopic (exact) mass is 576 g/mol. The average molecular weight is 577 g/mol. The maximum Gasteiger partial charge on any atom is 0.315 e. The van der Waals surface area contributed by atoms with Crippen LogP contribution in [0, 0.1) is 5.41 Å². The third-order valence-electron chi connectivity index (χ3n) is 5.77. The van der Waals surface area contributed by atoms with Gasteiger partial charge in [0, 0.05) is 0 Å². The summed E-state index contributed by atoms with van der Waals surface area (Å²) in [6, 6.07) is 16.5. The SMILES string of the molecule is COc1cccc(-c2ccc(C(=O)NC(=N)NNC(N)=NC(=O)c3ccc(-c4c(OC)cccc4OC)o3)o2)c1OC. The van der Waals surface area contributed by atoms with Gasteiger partial charge in [-0.3, -0.25) is 31.2 Å². The van der Waals surface area contributed by atoms with E-state index in [9.17, 15) is 9.59 Å². The minimum absolute atomic E-state index is 0.0708. The van der Waals surface area contributed by atoms with Gasteiger partial charge in [-0.15, -0.1) is 0 Å². The number of aliphatic imine (C=N–C) groups is 1. The maximum atomic E-state index is 12.6. The molecule has 2 amide bonds. The van der Waals surface area contributed by atoms with Crippen molar-refractivity contribution in [1.29, 1.82) is 5.41 Å². The molecule has 4 rings (SSSR count). The van der Waals surface area contributed by atoms with Crippen molar-refractivity contribution >= 4 is 23.7 Å². The molecular formula is C28H28N6O8. The Morgan fingerprint density at radius 3 is 2.02 bits per heavy atom. The van der Waals surface area contributed by atoms with Gasteiger partial charge in [0.15, 0.2) is 23.0 Å². The Morgan fingerprint density at radius 2 is 1.36 bits per heavy atom. The van der Waals surface area contributed by atoms with Gasteiger partial charge in [0.25, 0.3) is 5.91 Å². The highest BCUT2D eigenvalue weighted by Gasteiger charge is 2.20. The van der Waals surface area contributed by atoms with Crippen molar-refractivity contribution in [3.63, 3.8) is 0 Å². The van der Waals surface area contributed by atoms with Crippen LogP contribution in [-0.4, -0.2) is 52.2 Å². The number of ether oxygens (including phenoxy) is 4. The summed E-state index contributed by atoms with van der Waals surface area (Å²) in [5.41, 5.74) is 11.5. The Labute approximate surface area is 239 Å². The van der Waals surface area contributed by atoms with Crippen molar-refractivity contribution in [2.45, 2.75) is 0 Å². The third kappa shape index (κ3) is 6.28. The molecule has 2 aromatic heterocycles. The van der Waals surface area contributed by atoms with Crippen molar-refractivity contribution < 1.29 is 37.4 Å². The molecule has 0 atom stereocenters. The smallest absolute Gasteiger partial charge is 0.315 e. The number of furan rings is 2. The number of guanidine groups is 2. The number of nitrogens with one attached hydrogen (secondary N) is 4. The average Bonchev–Trinajstić information content (AvgIpc) is 3.70. The van der Waals surface area contributed by atoms with Crippen LogP contribution in [0.2, 0.25) is 0 Å². The fraction of sp³-hybridized carbons (Fsp3) is 0.143. The number of amides is 2. The second-order valence-corrected chi connectivity index (χ2v) is 8.29. The number of hydrogen-bond donors (Lipinski definition) is 5. The molecule has 42 heavy (non-hydrogen) atoms. The molecule has 0 saturated heterocycles. The predicted octanol–water partition coefficient (Wildman–Crippen LogP) is 3.15. The first-order chi connectivity index (χ1) is 20.3. The van der Waals surface area contributed by atoms with Gasteiger partial charge in [-0.05, 0) is 48.5 Å². The second-order valence-electron chi connectivity index (χ2n) is 8.29. The van der Waals surface area contributed by atoms with Crippen LogP contribution >= 0.6 is 0 Å². The highest BCUT2D eigenvalue weighted by Crippen LogP contribution is 2.40. The molecule has 4 aromatic rings. The summed E-state index contributed by atoms with van der Waals surface area (Å²) in [5, 5.41) is 10.2. The number of para-hydroxylation sites is 1. The van der Waals surface area contributed by atoms with Gasteiger partial charge >= 0.3 is 5.91 Å². The van der Waals surface area contributed by atoms with E-state index in [0.29, 0.717) is 45.6 Å². The van der Waals surface area contributed by atoms with Crippen LogP contribution in [-0.2, 0) is 0 Å². The van der Waals surface area contributed by atoms with Crippen LogP contribution in [0.5, 0.6) is 23.0 Å². The summed E-state index contributed by atoms with van der Waals surface area (Å²) < 4.78 is 32.8. The van der Waals surface area contributed by atoms with Gasteiger partial charge in [0.05, 0.1) is 34.0 Å². The van der Waals surface area contributed by atoms with Crippen LogP contribution in [0.3, 0.4) is 0 Å². The number of hydrogen-bond acceptors (Lipinski definition) is 9. The molecule has 218 valence electrons. The van der Waals surface area contributed by atoms with E-state index in [0.717, 1.165) is 0 Å². The first-order valence-electron chi connectivity index (χ1n) is 12.2. The second kappa shape index (κ2) is 13.0. The summed E-state index contributed by atoms with van der Waals surface area (Å²) in [7, 11) is 6.01. The predicted molar refractivity (Wildman–Crippen MR) is 152 cm³/mol. The Balaban J connectivity index is 1.35. The molecule has 0 saturated carbocycles. The van der Waals surface area contributed by atoms with Gasteiger partial charge in [-0.2, -0.15) is 4.99 Å². The minimum atomic E-state index is -0.798. The molecule has 14 nitrogen and oxygen atoms in total. The molecule has 0 radical (unpaired) electrons. The van der Waals surface area contributed by atoms with Crippen LogP contribution in [0.25, 0.3) is 22.6 Å². The molecule has 0 spiro atoms. The summed E-state index contributed by atoms with van der Waals surface area (Å²) >= 11 is 0. The zero-order chi connectivity index (χ0) is 30.2. The highest BCUT2D eigenvalue weighted by molar-refractivity contribution is 6.05. The van der Waals surface area contributed by atoms with Gasteiger partial charge in [0.1, 0.15) is 28.6 Å². The van der Waals surface area contributed by atoms with E-state index < -0.39 is 23.7 Å². The summed E-state index contributed by atoms with van der Waals surface area (Å²) in [4.78, 5) is 28.8. The van der Waals surface area contributed by atoms with Crippen LogP contribution in [0.1, 0.15) is 21.1 Å². The first-order valence-corrected chi connectivity index (χ1v) is 12.2. The molecule has 2 heterocycles. The number of hydrazine groups is 1. The van der Waals surface area contributed by atoms with Crippen LogP contribution in [0.4, 0.5) is 0 Å². The van der Waals surface area contributed by atoms with E-state index in [-0.39, 0.29) is 11.5 Å². The third-order valence-corrected chi connectivity index (χ3v) is 5.77. The first kappa shape index (κ1) is 29.1. The van der Waals surface area contributed by atoms with Gasteiger partial charge in [-0.25, -0.2) is 0 Å². The molecule has 0 aliphatic heterocycles. The number of benzene rings is 2. The van der Waals surface area contributed by atoms with E-state index >= 15 is 0 Å². The number of carbonyl (C=O) groups is 2. The number of nitrogens with zero attached hydrogens (tertiary/aromatic N) is 1. The molecule has 0 aliphatic rings. The van der Waals surface area contributed by atoms with Crippen LogP contribution < -0.4 is 40.8 Å². The Hall–Kier alpha value is -5.92. The highest BCUT2D eigenvalue weighted by atomic mass is 16.5. The lowest BCUT2D eigenvalue weighted by Gasteiger charge is -2.11. The number of carbonyl (C=O) groups excluding carboxylic acids is 2. The number of rotatable bonds is 8. The molecule has 2 aromatic carbocycles. The van der Waals surface area contributed by atoms with Crippen molar-refractivity contribution in [3.8, 4) is 45.6 Å². The van der Waals surface area contributed by atoms with Crippen LogP contribution in [0.15, 0.2) is 74.5 Å². The van der Waals surface area contributed by atoms with Crippen molar-refractivity contribution in [2.75, 3.05) is 28.4 Å². The lowest BCUT2D eigenvalue weighted by Crippen LogP contribution is -2.51. The van der Waals surface area contributed by atoms with Crippen molar-refractivity contribution in [3.05, 3.63) is 72.2 Å². The standard InChI is InChI=1S/C28H28N6O8/c1-37-17-8-6-9-18(38-2)23(17)19-12-14-22(42-19)26(36)32-28(30)34-33-27(29)31-25(35)21-13-11-16(41-21)15-7-5-10-20(39-3)24(15)40-4/h5-14H,1-4H3,(H3,29,31,33,35)(H3,30,32,34,36). The van der Waals surface area contributed by atoms with Gasteiger partial charge in [0.2, 0.25) is 11.9 Å². The van der Waals surface area contributed by atoms with E-state index in [4.69, 9.17) is 38.9 Å². The normalized spacial score (nSPS) is 10.9. The van der Waals surface area contributed by atoms with Gasteiger partial charge in [-0.1, -0.05) is 12.1 Å². The summed E-state index contributed by atoms with van der Waals surface area (Å²) in [6.07, 6.45) is 0. The lowest BCUT2D eigenvalue weighted by molar-refractivity contribution is 0.0946. The molecule has 0 unspecified atom stereocenters. The van der Waals surface area contributed by atoms with Crippen molar-refractivity contribution in [1.82, 2.24) is 16.2 Å². The Morgan fingerprint density at radius 1 is 0.762 bits per heavy atom. The largest absolute Gasteiger partial charge is 0.496 e. The Bertz CT molecular complexity index is 1620. The van der Waals surface area contributed by atoms with E-state index in [1.165, 1.54) is 40.6 Å². The Kier molecular flexibility index (Phi) is 8.97. The summed E-state index contributed by atoms with van der Waals surface area (Å²) in [6.45, 7) is 0. The van der Waals surface area contributed by atoms with Gasteiger partial charge < -0.3 is 33.5 Å². The molecule has 0 bridgehead atoms. The molecule has 0 aliphatic carbocycles. The minimum Gasteiger partial charge on any atom is -0.496 e. The van der Waals surface area contributed by atoms with E-state index in [1.54, 1.807) is 48.5 Å². The number of methoxy groups -OCH3 is 4. The quantitative estimate of drug-likeness (QED) is 0.117. The summed E-state index contributed by atoms with van der Waals surface area (Å²) in [5.74, 6) is 0.0138. The lowest BCUT2D eigenvalue weighted by atomic mass is 10.1. The molecule has 0 fully saturated rings. The number of nitrogens with two attached hydrogens (primary N) is 1. The molecule has 14 heteroatoms. The zero-order valence-corrected chi connectivity index (χ0v) is 23.1. The molecular weight excluding hydrogens is 548 g/mol. The zero-order valence-electron chi connectivity index (χ0n) is 23.1. The maximum absolute atomic E-state index is 12.6. The molecule has 6 N–H and O–H groups in total. The van der Waals surface area contributed by atoms with E-state index in [2.05, 4.69) is 21.2 Å². The topological polar surface area (TPSA) is 196 Å². The fourth-order valence-electron chi connectivity index (χ4n) is 3.89. The van der Waals surface area contributed by atoms with Crippen molar-refractivity contribution in [2.24, 2.45) is 10.7 Å². The fourth-order valence-corrected chi connectivity index (χ4v) is 3.89.